The van der Waals surface area contributed by atoms with E-state index in [1.807, 2.05) is 0 Å². The van der Waals surface area contributed by atoms with Gasteiger partial charge < -0.3 is 15.0 Å². The predicted molar refractivity (Wildman–Crippen MR) is 94.6 cm³/mol. The van der Waals surface area contributed by atoms with Crippen molar-refractivity contribution in [2.75, 3.05) is 13.2 Å². The molecule has 2 atom stereocenters. The van der Waals surface area contributed by atoms with Crippen LogP contribution in [-0.4, -0.2) is 41.6 Å². The molecule has 3 aliphatic heterocycles. The molecule has 6 aliphatic rings. The molecule has 5 heteroatoms. The van der Waals surface area contributed by atoms with Gasteiger partial charge >= 0.3 is 6.09 Å². The Morgan fingerprint density at radius 2 is 2.08 bits per heavy atom. The predicted octanol–water partition coefficient (Wildman–Crippen LogP) is 2.41. The zero-order valence-electron chi connectivity index (χ0n) is 15.2. The lowest BCUT2D eigenvalue weighted by molar-refractivity contribution is -0.140. The first-order valence-electron chi connectivity index (χ1n) is 9.81. The van der Waals surface area contributed by atoms with Gasteiger partial charge in [-0.1, -0.05) is 38.1 Å². The molecule has 1 spiro atoms. The number of nitrogens with zero attached hydrogens (tertiary/aromatic N) is 1. The third-order valence-corrected chi connectivity index (χ3v) is 7.70. The SMILES string of the molecule is CC(C)c1cccc(C23CN(C(=O)[C@H]4C[C@]5(COC(=O)N5)C4)C4C2C43)c1. The molecule has 0 radical (unpaired) electrons. The van der Waals surface area contributed by atoms with Gasteiger partial charge in [-0.05, 0) is 41.7 Å². The van der Waals surface area contributed by atoms with Crippen molar-refractivity contribution in [3.05, 3.63) is 35.4 Å². The fourth-order valence-corrected chi connectivity index (χ4v) is 6.16. The van der Waals surface area contributed by atoms with Gasteiger partial charge in [0.25, 0.3) is 0 Å². The number of piperidine rings is 1. The number of hydrogen-bond donors (Lipinski definition) is 1. The van der Waals surface area contributed by atoms with Crippen LogP contribution in [0.3, 0.4) is 0 Å². The quantitative estimate of drug-likeness (QED) is 0.909. The molecule has 2 unspecified atom stereocenters. The van der Waals surface area contributed by atoms with Crippen molar-refractivity contribution in [2.45, 2.75) is 49.6 Å². The van der Waals surface area contributed by atoms with Gasteiger partial charge in [0, 0.05) is 23.9 Å². The van der Waals surface area contributed by atoms with Gasteiger partial charge in [-0.15, -0.1) is 0 Å². The molecular formula is C21H24N2O3. The summed E-state index contributed by atoms with van der Waals surface area (Å²) in [6.07, 6.45) is 1.12. The monoisotopic (exact) mass is 352 g/mol. The fraction of sp³-hybridized carbons (Fsp3) is 0.619. The number of amides is 2. The summed E-state index contributed by atoms with van der Waals surface area (Å²) in [6.45, 7) is 5.77. The molecule has 2 bridgehead atoms. The number of ether oxygens (including phenoxy) is 1. The van der Waals surface area contributed by atoms with Crippen molar-refractivity contribution < 1.29 is 14.3 Å². The second kappa shape index (κ2) is 4.44. The zero-order valence-corrected chi connectivity index (χ0v) is 15.2. The molecule has 7 rings (SSSR count). The molecule has 3 saturated carbocycles. The minimum Gasteiger partial charge on any atom is -0.447 e. The summed E-state index contributed by atoms with van der Waals surface area (Å²) < 4.78 is 5.03. The van der Waals surface area contributed by atoms with Gasteiger partial charge in [-0.2, -0.15) is 0 Å². The second-order valence-electron chi connectivity index (χ2n) is 9.42. The third-order valence-electron chi connectivity index (χ3n) is 7.70. The van der Waals surface area contributed by atoms with Crippen LogP contribution in [0.5, 0.6) is 0 Å². The van der Waals surface area contributed by atoms with E-state index in [0.29, 0.717) is 36.3 Å². The number of hydrogen-bond acceptors (Lipinski definition) is 3. The van der Waals surface area contributed by atoms with Crippen molar-refractivity contribution in [1.29, 1.82) is 0 Å². The summed E-state index contributed by atoms with van der Waals surface area (Å²) >= 11 is 0. The Morgan fingerprint density at radius 1 is 1.31 bits per heavy atom. The second-order valence-corrected chi connectivity index (χ2v) is 9.42. The molecule has 3 saturated heterocycles. The van der Waals surface area contributed by atoms with Crippen LogP contribution in [0.25, 0.3) is 0 Å². The van der Waals surface area contributed by atoms with E-state index in [9.17, 15) is 9.59 Å². The van der Waals surface area contributed by atoms with Crippen LogP contribution in [0, 0.1) is 17.8 Å². The standard InChI is InChI=1S/C21H24N2O3/c1-11(2)12-4-3-5-14(6-12)21-9-23(17-15(21)16(17)21)18(24)13-7-20(8-13)10-26-19(25)22-20/h3-6,11,13,15-17H,7-10H2,1-2H3,(H,22,25)/t13-,15?,16?,17?,20+,21?. The third kappa shape index (κ3) is 1.67. The number of cyclic esters (lactones) is 1. The topological polar surface area (TPSA) is 58.6 Å². The van der Waals surface area contributed by atoms with Gasteiger partial charge in [0.05, 0.1) is 5.54 Å². The summed E-state index contributed by atoms with van der Waals surface area (Å²) in [4.78, 5) is 26.5. The Kier molecular flexibility index (Phi) is 2.57. The van der Waals surface area contributed by atoms with E-state index >= 15 is 0 Å². The zero-order chi connectivity index (χ0) is 17.8. The number of fused-ring (bicyclic) bond motifs is 1. The Hall–Kier alpha value is -2.04. The number of carbonyl (C=O) groups is 2. The van der Waals surface area contributed by atoms with E-state index in [1.165, 1.54) is 11.1 Å². The highest BCUT2D eigenvalue weighted by atomic mass is 16.6. The van der Waals surface area contributed by atoms with Crippen LogP contribution < -0.4 is 5.32 Å². The molecular weight excluding hydrogens is 328 g/mol. The number of alkyl carbamates (subject to hydrolysis) is 1. The molecule has 136 valence electrons. The summed E-state index contributed by atoms with van der Waals surface area (Å²) in [5.41, 5.74) is 2.81. The Balaban J connectivity index is 1.17. The van der Waals surface area contributed by atoms with E-state index in [1.54, 1.807) is 0 Å². The van der Waals surface area contributed by atoms with Crippen LogP contribution in [0.2, 0.25) is 0 Å². The normalized spacial score (nSPS) is 43.8. The largest absolute Gasteiger partial charge is 0.447 e. The first-order valence-corrected chi connectivity index (χ1v) is 9.81. The molecule has 1 aromatic carbocycles. The van der Waals surface area contributed by atoms with Gasteiger partial charge in [0.15, 0.2) is 0 Å². The number of rotatable bonds is 3. The minimum absolute atomic E-state index is 0.0507. The number of nitrogens with one attached hydrogen (secondary N) is 1. The first kappa shape index (κ1) is 15.1. The molecule has 2 amide bonds. The smallest absolute Gasteiger partial charge is 0.407 e. The molecule has 3 aliphatic carbocycles. The van der Waals surface area contributed by atoms with Crippen LogP contribution in [0.4, 0.5) is 4.79 Å². The Morgan fingerprint density at radius 3 is 2.73 bits per heavy atom. The maximum Gasteiger partial charge on any atom is 0.407 e. The summed E-state index contributed by atoms with van der Waals surface area (Å²) in [6, 6.07) is 9.49. The Labute approximate surface area is 153 Å². The molecule has 26 heavy (non-hydrogen) atoms. The van der Waals surface area contributed by atoms with Crippen LogP contribution in [0.15, 0.2) is 24.3 Å². The highest BCUT2D eigenvalue weighted by Crippen LogP contribution is 2.84. The summed E-state index contributed by atoms with van der Waals surface area (Å²) in [7, 11) is 0. The lowest BCUT2D eigenvalue weighted by atomic mass is 9.68. The highest BCUT2D eigenvalue weighted by molar-refractivity contribution is 5.85. The van der Waals surface area contributed by atoms with Gasteiger partial charge in [0.2, 0.25) is 5.91 Å². The first-order chi connectivity index (χ1) is 12.5. The molecule has 5 nitrogen and oxygen atoms in total. The average Bonchev–Trinajstić information content (AvgIpc) is 3.31. The maximum atomic E-state index is 13.0. The highest BCUT2D eigenvalue weighted by Gasteiger charge is 2.91. The van der Waals surface area contributed by atoms with E-state index in [2.05, 4.69) is 48.3 Å². The molecule has 1 aromatic rings. The number of carbonyl (C=O) groups excluding carboxylic acids is 2. The lowest BCUT2D eigenvalue weighted by Gasteiger charge is -2.43. The molecule has 1 N–H and O–H groups in total. The van der Waals surface area contributed by atoms with E-state index in [4.69, 9.17) is 4.74 Å². The maximum absolute atomic E-state index is 13.0. The number of benzene rings is 1. The van der Waals surface area contributed by atoms with Crippen LogP contribution in [0.1, 0.15) is 43.7 Å². The van der Waals surface area contributed by atoms with Crippen molar-refractivity contribution in [1.82, 2.24) is 10.2 Å². The molecule has 0 aromatic heterocycles. The van der Waals surface area contributed by atoms with Crippen LogP contribution in [-0.2, 0) is 14.9 Å². The van der Waals surface area contributed by atoms with Crippen molar-refractivity contribution in [3.8, 4) is 0 Å². The van der Waals surface area contributed by atoms with Crippen molar-refractivity contribution in [3.63, 3.8) is 0 Å². The van der Waals surface area contributed by atoms with Crippen LogP contribution >= 0.6 is 0 Å². The summed E-state index contributed by atoms with van der Waals surface area (Å²) in [5.74, 6) is 2.27. The minimum atomic E-state index is -0.340. The van der Waals surface area contributed by atoms with Gasteiger partial charge in [-0.25, -0.2) is 4.79 Å². The average molecular weight is 352 g/mol. The summed E-state index contributed by atoms with van der Waals surface area (Å²) in [5, 5.41) is 2.89. The molecule has 3 heterocycles. The lowest BCUT2D eigenvalue weighted by Crippen LogP contribution is -2.58. The van der Waals surface area contributed by atoms with E-state index in [0.717, 1.165) is 19.4 Å². The van der Waals surface area contributed by atoms with Crippen molar-refractivity contribution in [2.24, 2.45) is 17.8 Å². The van der Waals surface area contributed by atoms with Crippen molar-refractivity contribution >= 4 is 12.0 Å². The van der Waals surface area contributed by atoms with Gasteiger partial charge in [-0.3, -0.25) is 4.79 Å². The van der Waals surface area contributed by atoms with Gasteiger partial charge in [0.1, 0.15) is 6.61 Å². The Bertz CT molecular complexity index is 831. The fourth-order valence-electron chi connectivity index (χ4n) is 6.16. The van der Waals surface area contributed by atoms with E-state index < -0.39 is 0 Å². The molecule has 6 fully saturated rings. The van der Waals surface area contributed by atoms with E-state index in [-0.39, 0.29) is 23.0 Å².